The minimum absolute atomic E-state index is 0.0583. The summed E-state index contributed by atoms with van der Waals surface area (Å²) in [4.78, 5) is 11.1. The van der Waals surface area contributed by atoms with Crippen molar-refractivity contribution in [2.75, 3.05) is 6.61 Å². The molecule has 0 bridgehead atoms. The zero-order valence-corrected chi connectivity index (χ0v) is 8.14. The molecule has 3 aliphatic rings. The minimum atomic E-state index is -0.106. The predicted octanol–water partition coefficient (Wildman–Crippen LogP) is 0.699. The fraction of sp³-hybridized carbons (Fsp3) is 0.900. The van der Waals surface area contributed by atoms with E-state index in [2.05, 4.69) is 0 Å². The molecular formula is C10H14O4. The Morgan fingerprint density at radius 2 is 2.14 bits per heavy atom. The van der Waals surface area contributed by atoms with Crippen LogP contribution in [-0.4, -0.2) is 31.1 Å². The molecule has 78 valence electrons. The van der Waals surface area contributed by atoms with Gasteiger partial charge in [0.05, 0.1) is 19.1 Å². The van der Waals surface area contributed by atoms with Crippen LogP contribution < -0.4 is 0 Å². The van der Waals surface area contributed by atoms with Crippen LogP contribution >= 0.6 is 0 Å². The first-order chi connectivity index (χ1) is 6.74. The van der Waals surface area contributed by atoms with Crippen LogP contribution in [0.4, 0.5) is 0 Å². The maximum Gasteiger partial charge on any atom is 0.306 e. The molecule has 0 aromatic rings. The Bertz CT molecular complexity index is 265. The summed E-state index contributed by atoms with van der Waals surface area (Å²) in [5, 5.41) is 0. The Morgan fingerprint density at radius 1 is 1.29 bits per heavy atom. The van der Waals surface area contributed by atoms with E-state index in [1.165, 1.54) is 0 Å². The van der Waals surface area contributed by atoms with Crippen molar-refractivity contribution in [3.63, 3.8) is 0 Å². The van der Waals surface area contributed by atoms with E-state index in [4.69, 9.17) is 14.2 Å². The lowest BCUT2D eigenvalue weighted by molar-refractivity contribution is -0.224. The van der Waals surface area contributed by atoms with Crippen LogP contribution in [0.2, 0.25) is 0 Å². The van der Waals surface area contributed by atoms with E-state index in [1.54, 1.807) is 0 Å². The van der Waals surface area contributed by atoms with Crippen LogP contribution in [0.15, 0.2) is 0 Å². The van der Waals surface area contributed by atoms with Gasteiger partial charge in [-0.25, -0.2) is 0 Å². The standard InChI is InChI=1S/C10H14O4/c1-5-12-4-7-6-2-10(11)14-8(6)3-9(7)13-5/h5-9H,2-4H2,1H3. The monoisotopic (exact) mass is 198 g/mol. The highest BCUT2D eigenvalue weighted by molar-refractivity contribution is 5.72. The summed E-state index contributed by atoms with van der Waals surface area (Å²) in [6.45, 7) is 2.62. The van der Waals surface area contributed by atoms with Crippen LogP contribution in [-0.2, 0) is 19.0 Å². The molecule has 0 aromatic carbocycles. The van der Waals surface area contributed by atoms with Gasteiger partial charge in [-0.05, 0) is 6.92 Å². The highest BCUT2D eigenvalue weighted by Crippen LogP contribution is 2.44. The van der Waals surface area contributed by atoms with Gasteiger partial charge in [0.1, 0.15) is 6.10 Å². The van der Waals surface area contributed by atoms with E-state index in [1.807, 2.05) is 6.92 Å². The predicted molar refractivity (Wildman–Crippen MR) is 46.4 cm³/mol. The number of ether oxygens (including phenoxy) is 3. The normalized spacial score (nSPS) is 51.2. The van der Waals surface area contributed by atoms with Crippen molar-refractivity contribution >= 4 is 5.97 Å². The van der Waals surface area contributed by atoms with Gasteiger partial charge in [-0.1, -0.05) is 0 Å². The SMILES string of the molecule is CC1OCC2C(CC3OC(=O)CC32)O1. The molecule has 5 unspecified atom stereocenters. The molecule has 1 saturated carbocycles. The quantitative estimate of drug-likeness (QED) is 0.537. The van der Waals surface area contributed by atoms with Crippen molar-refractivity contribution in [1.82, 2.24) is 0 Å². The van der Waals surface area contributed by atoms with Crippen LogP contribution in [0.3, 0.4) is 0 Å². The van der Waals surface area contributed by atoms with Gasteiger partial charge >= 0.3 is 5.97 Å². The molecule has 3 rings (SSSR count). The number of carbonyl (C=O) groups excluding carboxylic acids is 1. The van der Waals surface area contributed by atoms with Gasteiger partial charge in [0.15, 0.2) is 6.29 Å². The lowest BCUT2D eigenvalue weighted by Gasteiger charge is -2.32. The largest absolute Gasteiger partial charge is 0.462 e. The molecule has 1 aliphatic carbocycles. The first-order valence-corrected chi connectivity index (χ1v) is 5.20. The summed E-state index contributed by atoms with van der Waals surface area (Å²) in [6, 6.07) is 0. The number of hydrogen-bond acceptors (Lipinski definition) is 4. The second-order valence-corrected chi connectivity index (χ2v) is 4.37. The molecule has 0 spiro atoms. The Morgan fingerprint density at radius 3 is 3.00 bits per heavy atom. The molecule has 2 heterocycles. The third kappa shape index (κ3) is 1.17. The molecule has 14 heavy (non-hydrogen) atoms. The molecule has 2 saturated heterocycles. The van der Waals surface area contributed by atoms with E-state index < -0.39 is 0 Å². The first kappa shape index (κ1) is 8.68. The topological polar surface area (TPSA) is 44.8 Å². The van der Waals surface area contributed by atoms with E-state index in [9.17, 15) is 4.79 Å². The third-order valence-corrected chi connectivity index (χ3v) is 3.54. The molecule has 0 N–H and O–H groups in total. The number of esters is 1. The molecule has 3 fully saturated rings. The summed E-state index contributed by atoms with van der Waals surface area (Å²) in [5.74, 6) is 0.639. The lowest BCUT2D eigenvalue weighted by Crippen LogP contribution is -2.37. The molecule has 4 heteroatoms. The maximum atomic E-state index is 11.1. The lowest BCUT2D eigenvalue weighted by atomic mass is 9.92. The molecule has 0 aromatic heterocycles. The molecule has 0 radical (unpaired) electrons. The Hall–Kier alpha value is -0.610. The van der Waals surface area contributed by atoms with Gasteiger partial charge in [-0.2, -0.15) is 0 Å². The maximum absolute atomic E-state index is 11.1. The number of hydrogen-bond donors (Lipinski definition) is 0. The van der Waals surface area contributed by atoms with Gasteiger partial charge in [0.2, 0.25) is 0 Å². The average Bonchev–Trinajstić information content (AvgIpc) is 2.59. The van der Waals surface area contributed by atoms with Crippen molar-refractivity contribution < 1.29 is 19.0 Å². The summed E-state index contributed by atoms with van der Waals surface area (Å²) in [5.41, 5.74) is 0. The number of carbonyl (C=O) groups is 1. The van der Waals surface area contributed by atoms with E-state index in [-0.39, 0.29) is 24.5 Å². The molecule has 0 amide bonds. The minimum Gasteiger partial charge on any atom is -0.462 e. The van der Waals surface area contributed by atoms with Gasteiger partial charge in [-0.3, -0.25) is 4.79 Å². The highest BCUT2D eigenvalue weighted by Gasteiger charge is 2.52. The van der Waals surface area contributed by atoms with Crippen LogP contribution in [0.25, 0.3) is 0 Å². The Kier molecular flexibility index (Phi) is 1.82. The Balaban J connectivity index is 1.77. The smallest absolute Gasteiger partial charge is 0.306 e. The van der Waals surface area contributed by atoms with Gasteiger partial charge in [0, 0.05) is 18.3 Å². The number of fused-ring (bicyclic) bond motifs is 3. The highest BCUT2D eigenvalue weighted by atomic mass is 16.7. The molecule has 4 nitrogen and oxygen atoms in total. The first-order valence-electron chi connectivity index (χ1n) is 5.20. The summed E-state index contributed by atoms with van der Waals surface area (Å²) in [6.07, 6.45) is 1.63. The van der Waals surface area contributed by atoms with Crippen molar-refractivity contribution in [3.8, 4) is 0 Å². The van der Waals surface area contributed by atoms with Crippen molar-refractivity contribution in [2.24, 2.45) is 11.8 Å². The third-order valence-electron chi connectivity index (χ3n) is 3.54. The van der Waals surface area contributed by atoms with Crippen molar-refractivity contribution in [1.29, 1.82) is 0 Å². The van der Waals surface area contributed by atoms with E-state index >= 15 is 0 Å². The summed E-state index contributed by atoms with van der Waals surface area (Å²) < 4.78 is 16.4. The molecule has 2 aliphatic heterocycles. The van der Waals surface area contributed by atoms with Crippen molar-refractivity contribution in [3.05, 3.63) is 0 Å². The number of rotatable bonds is 0. The molecule has 5 atom stereocenters. The zero-order valence-electron chi connectivity index (χ0n) is 8.14. The van der Waals surface area contributed by atoms with E-state index in [0.29, 0.717) is 24.9 Å². The molecular weight excluding hydrogens is 184 g/mol. The average molecular weight is 198 g/mol. The van der Waals surface area contributed by atoms with E-state index in [0.717, 1.165) is 6.42 Å². The fourth-order valence-corrected chi connectivity index (χ4v) is 2.88. The summed E-state index contributed by atoms with van der Waals surface area (Å²) in [7, 11) is 0. The second-order valence-electron chi connectivity index (χ2n) is 4.37. The van der Waals surface area contributed by atoms with Crippen LogP contribution in [0.5, 0.6) is 0 Å². The summed E-state index contributed by atoms with van der Waals surface area (Å²) >= 11 is 0. The van der Waals surface area contributed by atoms with Gasteiger partial charge in [-0.15, -0.1) is 0 Å². The van der Waals surface area contributed by atoms with Crippen molar-refractivity contribution in [2.45, 2.75) is 38.3 Å². The van der Waals surface area contributed by atoms with Crippen LogP contribution in [0, 0.1) is 11.8 Å². The zero-order chi connectivity index (χ0) is 9.71. The second kappa shape index (κ2) is 2.94. The van der Waals surface area contributed by atoms with Crippen LogP contribution in [0.1, 0.15) is 19.8 Å². The fourth-order valence-electron chi connectivity index (χ4n) is 2.88. The van der Waals surface area contributed by atoms with Gasteiger partial charge in [0.25, 0.3) is 0 Å². The Labute approximate surface area is 82.5 Å². The van der Waals surface area contributed by atoms with Gasteiger partial charge < -0.3 is 14.2 Å².